The van der Waals surface area contributed by atoms with Gasteiger partial charge in [0.05, 0.1) is 0 Å². The number of hydrogen-bond donors (Lipinski definition) is 0. The molecule has 0 aliphatic carbocycles. The molecule has 0 radical (unpaired) electrons. The highest BCUT2D eigenvalue weighted by Gasteiger charge is 1.92. The van der Waals surface area contributed by atoms with Gasteiger partial charge in [-0.2, -0.15) is 0 Å². The zero-order valence-electron chi connectivity index (χ0n) is 5.25. The van der Waals surface area contributed by atoms with Crippen LogP contribution in [0.4, 0.5) is 8.78 Å². The molecule has 0 aliphatic rings. The van der Waals surface area contributed by atoms with Gasteiger partial charge in [0.2, 0.25) is 0 Å². The van der Waals surface area contributed by atoms with Gasteiger partial charge in [-0.25, -0.2) is 8.78 Å². The van der Waals surface area contributed by atoms with Crippen LogP contribution in [0.2, 0.25) is 0 Å². The lowest BCUT2D eigenvalue weighted by Crippen LogP contribution is -1.73. The van der Waals surface area contributed by atoms with Gasteiger partial charge >= 0.3 is 0 Å². The van der Waals surface area contributed by atoms with Crippen LogP contribution in [0.1, 0.15) is 6.92 Å². The van der Waals surface area contributed by atoms with Gasteiger partial charge in [0.15, 0.2) is 0 Å². The van der Waals surface area contributed by atoms with E-state index in [-0.39, 0.29) is 5.57 Å². The molecule has 0 rings (SSSR count). The molecule has 0 amide bonds. The molecule has 0 saturated carbocycles. The molecule has 9 heavy (non-hydrogen) atoms. The average molecular weight is 130 g/mol. The lowest BCUT2D eigenvalue weighted by Gasteiger charge is -1.90. The highest BCUT2D eigenvalue weighted by molar-refractivity contribution is 5.26. The van der Waals surface area contributed by atoms with Crippen molar-refractivity contribution in [1.82, 2.24) is 0 Å². The Kier molecular flexibility index (Phi) is 2.85. The van der Waals surface area contributed by atoms with Crippen LogP contribution in [0.15, 0.2) is 36.5 Å². The van der Waals surface area contributed by atoms with Crippen molar-refractivity contribution in [1.29, 1.82) is 0 Å². The van der Waals surface area contributed by atoms with Crippen molar-refractivity contribution in [3.63, 3.8) is 0 Å². The monoisotopic (exact) mass is 130 g/mol. The Morgan fingerprint density at radius 3 is 1.89 bits per heavy atom. The largest absolute Gasteiger partial charge is 0.208 e. The van der Waals surface area contributed by atoms with Gasteiger partial charge in [-0.05, 0) is 18.6 Å². The summed E-state index contributed by atoms with van der Waals surface area (Å²) in [6.07, 6.45) is 0.988. The van der Waals surface area contributed by atoms with Crippen LogP contribution in [0.3, 0.4) is 0 Å². The number of hydrogen-bond acceptors (Lipinski definition) is 0. The molecule has 0 unspecified atom stereocenters. The smallest absolute Gasteiger partial charge is 0.119 e. The minimum atomic E-state index is -0.661. The average Bonchev–Trinajstić information content (AvgIpc) is 1.63. The van der Waals surface area contributed by atoms with E-state index in [1.165, 1.54) is 6.92 Å². The molecule has 0 aromatic carbocycles. The lowest BCUT2D eigenvalue weighted by molar-refractivity contribution is 0.644. The van der Waals surface area contributed by atoms with E-state index in [0.29, 0.717) is 0 Å². The van der Waals surface area contributed by atoms with Crippen molar-refractivity contribution in [2.75, 3.05) is 0 Å². The lowest BCUT2D eigenvalue weighted by atomic mass is 10.2. The molecule has 0 fully saturated rings. The third-order valence-corrected chi connectivity index (χ3v) is 0.801. The fraction of sp³-hybridized carbons (Fsp3) is 0.143. The van der Waals surface area contributed by atoms with Crippen LogP contribution in [0, 0.1) is 0 Å². The van der Waals surface area contributed by atoms with E-state index in [2.05, 4.69) is 13.2 Å². The second-order valence-electron chi connectivity index (χ2n) is 1.68. The maximum absolute atomic E-state index is 12.0. The zero-order chi connectivity index (χ0) is 7.44. The van der Waals surface area contributed by atoms with Crippen LogP contribution in [0.25, 0.3) is 0 Å². The van der Waals surface area contributed by atoms with Gasteiger partial charge in [0.1, 0.15) is 11.7 Å². The molecular weight excluding hydrogens is 122 g/mol. The summed E-state index contributed by atoms with van der Waals surface area (Å²) >= 11 is 0. The Morgan fingerprint density at radius 1 is 1.33 bits per heavy atom. The van der Waals surface area contributed by atoms with E-state index in [1.807, 2.05) is 0 Å². The van der Waals surface area contributed by atoms with Crippen LogP contribution in [-0.2, 0) is 0 Å². The summed E-state index contributed by atoms with van der Waals surface area (Å²) < 4.78 is 23.8. The Hall–Kier alpha value is -0.920. The van der Waals surface area contributed by atoms with Crippen molar-refractivity contribution in [3.05, 3.63) is 36.5 Å². The summed E-state index contributed by atoms with van der Waals surface area (Å²) in [5.41, 5.74) is 0.169. The van der Waals surface area contributed by atoms with E-state index >= 15 is 0 Å². The fourth-order valence-electron chi connectivity index (χ4n) is 0.313. The first-order valence-corrected chi connectivity index (χ1v) is 2.41. The minimum absolute atomic E-state index is 0.169. The van der Waals surface area contributed by atoms with Gasteiger partial charge in [-0.3, -0.25) is 0 Å². The Morgan fingerprint density at radius 2 is 1.78 bits per heavy atom. The van der Waals surface area contributed by atoms with Gasteiger partial charge in [0, 0.05) is 0 Å². The van der Waals surface area contributed by atoms with Crippen molar-refractivity contribution in [3.8, 4) is 0 Å². The topological polar surface area (TPSA) is 0 Å². The first kappa shape index (κ1) is 8.08. The molecule has 0 N–H and O–H groups in total. The molecule has 0 spiro atoms. The molecule has 0 atom stereocenters. The van der Waals surface area contributed by atoms with E-state index in [9.17, 15) is 8.78 Å². The molecule has 50 valence electrons. The molecule has 0 nitrogen and oxygen atoms in total. The van der Waals surface area contributed by atoms with E-state index < -0.39 is 11.7 Å². The standard InChI is InChI=1S/C7H8F2/c1-5(7(3)9)4-6(2)8/h4H,2-3H2,1H3/b5-4-. The zero-order valence-corrected chi connectivity index (χ0v) is 5.25. The molecule has 0 aliphatic heterocycles. The fourth-order valence-corrected chi connectivity index (χ4v) is 0.313. The summed E-state index contributed by atoms with van der Waals surface area (Å²) in [6, 6.07) is 0. The van der Waals surface area contributed by atoms with E-state index in [4.69, 9.17) is 0 Å². The highest BCUT2D eigenvalue weighted by Crippen LogP contribution is 2.10. The Labute approximate surface area is 53.2 Å². The van der Waals surface area contributed by atoms with Gasteiger partial charge in [-0.1, -0.05) is 13.2 Å². The van der Waals surface area contributed by atoms with Crippen molar-refractivity contribution in [2.45, 2.75) is 6.92 Å². The summed E-state index contributed by atoms with van der Waals surface area (Å²) in [6.45, 7) is 7.32. The molecule has 0 heterocycles. The summed E-state index contributed by atoms with van der Waals surface area (Å²) in [5, 5.41) is 0. The van der Waals surface area contributed by atoms with Crippen LogP contribution in [0.5, 0.6) is 0 Å². The second kappa shape index (κ2) is 3.17. The third kappa shape index (κ3) is 3.64. The number of halogens is 2. The Bertz CT molecular complexity index is 166. The summed E-state index contributed by atoms with van der Waals surface area (Å²) in [7, 11) is 0. The highest BCUT2D eigenvalue weighted by atomic mass is 19.1. The van der Waals surface area contributed by atoms with Crippen LogP contribution >= 0.6 is 0 Å². The first-order valence-electron chi connectivity index (χ1n) is 2.41. The SMILES string of the molecule is C=C(F)/C=C(/C)C(=C)F. The van der Waals surface area contributed by atoms with E-state index in [1.54, 1.807) is 0 Å². The number of rotatable bonds is 2. The first-order chi connectivity index (χ1) is 4.04. The van der Waals surface area contributed by atoms with Crippen LogP contribution < -0.4 is 0 Å². The van der Waals surface area contributed by atoms with Crippen molar-refractivity contribution in [2.24, 2.45) is 0 Å². The molecule has 0 bridgehead atoms. The summed E-state index contributed by atoms with van der Waals surface area (Å²) in [4.78, 5) is 0. The molecule has 0 aromatic rings. The van der Waals surface area contributed by atoms with Gasteiger partial charge in [0.25, 0.3) is 0 Å². The normalized spacial score (nSPS) is 11.2. The van der Waals surface area contributed by atoms with Gasteiger partial charge in [-0.15, -0.1) is 0 Å². The number of allylic oxidation sites excluding steroid dienone is 4. The maximum atomic E-state index is 12.0. The van der Waals surface area contributed by atoms with Crippen molar-refractivity contribution < 1.29 is 8.78 Å². The minimum Gasteiger partial charge on any atom is -0.208 e. The molecule has 0 aromatic heterocycles. The second-order valence-corrected chi connectivity index (χ2v) is 1.68. The van der Waals surface area contributed by atoms with Crippen molar-refractivity contribution >= 4 is 0 Å². The molecule has 2 heteroatoms. The third-order valence-electron chi connectivity index (χ3n) is 0.801. The predicted octanol–water partition coefficient (Wildman–Crippen LogP) is 2.90. The summed E-state index contributed by atoms with van der Waals surface area (Å²) in [5.74, 6) is -1.29. The molecular formula is C7H8F2. The van der Waals surface area contributed by atoms with Crippen LogP contribution in [-0.4, -0.2) is 0 Å². The predicted molar refractivity (Wildman–Crippen MR) is 34.3 cm³/mol. The van der Waals surface area contributed by atoms with E-state index in [0.717, 1.165) is 6.08 Å². The Balaban J connectivity index is 4.17. The van der Waals surface area contributed by atoms with Gasteiger partial charge < -0.3 is 0 Å². The maximum Gasteiger partial charge on any atom is 0.119 e. The molecule has 0 saturated heterocycles. The quantitative estimate of drug-likeness (QED) is 0.504.